The van der Waals surface area contributed by atoms with Gasteiger partial charge in [0.15, 0.2) is 11.4 Å². The van der Waals surface area contributed by atoms with Crippen LogP contribution < -0.4 is 0 Å². The van der Waals surface area contributed by atoms with Crippen LogP contribution in [0.4, 0.5) is 0 Å². The Kier molecular flexibility index (Phi) is 25.4. The van der Waals surface area contributed by atoms with Crippen LogP contribution in [-0.2, 0) is 57.1 Å². The zero-order valence-electron chi connectivity index (χ0n) is 46.3. The number of thiol groups is 1. The Labute approximate surface area is 446 Å². The van der Waals surface area contributed by atoms with Gasteiger partial charge in [0, 0.05) is 71.7 Å². The van der Waals surface area contributed by atoms with Gasteiger partial charge in [-0.2, -0.15) is 0 Å². The van der Waals surface area contributed by atoms with Gasteiger partial charge in [0.05, 0.1) is 31.5 Å². The van der Waals surface area contributed by atoms with E-state index < -0.39 is 88.1 Å². The van der Waals surface area contributed by atoms with Crippen LogP contribution in [0.1, 0.15) is 139 Å². The van der Waals surface area contributed by atoms with Crippen LogP contribution in [0.5, 0.6) is 0 Å². The van der Waals surface area contributed by atoms with Crippen LogP contribution in [0.3, 0.4) is 0 Å². The van der Waals surface area contributed by atoms with Crippen molar-refractivity contribution in [2.24, 2.45) is 35.5 Å². The van der Waals surface area contributed by atoms with Crippen molar-refractivity contribution in [3.05, 3.63) is 47.6 Å². The number of amides is 1. The molecular weight excluding hydrogens is 971 g/mol. The number of cyclic esters (lactones) is 1. The largest absolute Gasteiger partial charge is 0.460 e. The number of methoxy groups -OCH3 is 3. The normalized spacial score (nSPS) is 38.6. The van der Waals surface area contributed by atoms with Crippen molar-refractivity contribution in [2.75, 3.05) is 54.3 Å². The van der Waals surface area contributed by atoms with Gasteiger partial charge >= 0.3 is 5.97 Å². The molecule has 3 fully saturated rings. The highest BCUT2D eigenvalue weighted by Gasteiger charge is 2.53. The summed E-state index contributed by atoms with van der Waals surface area (Å²) in [6.07, 6.45) is 12.9. The van der Waals surface area contributed by atoms with Crippen molar-refractivity contribution >= 4 is 41.9 Å². The molecule has 1 amide bonds. The summed E-state index contributed by atoms with van der Waals surface area (Å²) >= 11 is 4.94. The lowest BCUT2D eigenvalue weighted by Crippen LogP contribution is -2.61. The highest BCUT2D eigenvalue weighted by molar-refractivity contribution is 7.81. The van der Waals surface area contributed by atoms with Gasteiger partial charge in [-0.05, 0) is 120 Å². The number of ether oxygens (including phenoxy) is 7. The van der Waals surface area contributed by atoms with E-state index in [1.807, 2.05) is 58.1 Å². The predicted molar refractivity (Wildman–Crippen MR) is 284 cm³/mol. The van der Waals surface area contributed by atoms with Crippen LogP contribution in [0.2, 0.25) is 0 Å². The molecule has 4 aliphatic rings. The monoisotopic (exact) mass is 1060 g/mol. The molecule has 1 saturated carbocycles. The van der Waals surface area contributed by atoms with Gasteiger partial charge in [0.1, 0.15) is 29.0 Å². The van der Waals surface area contributed by atoms with E-state index >= 15 is 0 Å². The summed E-state index contributed by atoms with van der Waals surface area (Å²) in [6, 6.07) is -1.18. The first-order valence-corrected chi connectivity index (χ1v) is 27.5. The van der Waals surface area contributed by atoms with Crippen molar-refractivity contribution in [1.29, 1.82) is 0 Å². The van der Waals surface area contributed by atoms with Gasteiger partial charge in [0.2, 0.25) is 5.79 Å². The van der Waals surface area contributed by atoms with E-state index in [0.29, 0.717) is 76.6 Å². The van der Waals surface area contributed by atoms with Crippen LogP contribution in [-0.4, -0.2) is 157 Å². The van der Waals surface area contributed by atoms with Crippen LogP contribution >= 0.6 is 12.6 Å². The number of Topliss-reactive ketones (excluding diaryl/α,β-unsaturated/α-hetero) is 3. The average Bonchev–Trinajstić information content (AvgIpc) is 3.38. The maximum absolute atomic E-state index is 14.6. The van der Waals surface area contributed by atoms with E-state index in [2.05, 4.69) is 0 Å². The van der Waals surface area contributed by atoms with Gasteiger partial charge in [-0.1, -0.05) is 71.1 Å². The van der Waals surface area contributed by atoms with Crippen molar-refractivity contribution in [1.82, 2.24) is 4.90 Å². The maximum Gasteiger partial charge on any atom is 0.329 e. The Morgan fingerprint density at radius 3 is 2.28 bits per heavy atom. The number of hydrogen-bond acceptors (Lipinski definition) is 16. The van der Waals surface area contributed by atoms with E-state index in [1.165, 1.54) is 12.0 Å². The molecule has 420 valence electrons. The third kappa shape index (κ3) is 16.7. The van der Waals surface area contributed by atoms with E-state index in [9.17, 15) is 39.3 Å². The Hall–Kier alpha value is -3.10. The molecule has 0 radical (unpaired) electrons. The molecule has 16 nitrogen and oxygen atoms in total. The minimum Gasteiger partial charge on any atom is -0.460 e. The molecule has 2 saturated heterocycles. The summed E-state index contributed by atoms with van der Waals surface area (Å²) in [7, 11) is 4.54. The smallest absolute Gasteiger partial charge is 0.329 e. The van der Waals surface area contributed by atoms with Gasteiger partial charge in [-0.3, -0.25) is 19.2 Å². The first kappa shape index (κ1) is 63.4. The average molecular weight is 1060 g/mol. The number of ketones is 3. The molecule has 0 aromatic heterocycles. The van der Waals surface area contributed by atoms with Crippen molar-refractivity contribution in [3.8, 4) is 0 Å². The van der Waals surface area contributed by atoms with E-state index in [4.69, 9.17) is 45.8 Å². The summed E-state index contributed by atoms with van der Waals surface area (Å²) in [5, 5.41) is 33.3. The quantitative estimate of drug-likeness (QED) is 0.0357. The number of carbonyl (C=O) groups excluding carboxylic acids is 5. The maximum atomic E-state index is 14.6. The summed E-state index contributed by atoms with van der Waals surface area (Å²) in [4.78, 5) is 72.3. The number of piperidine rings is 1. The van der Waals surface area contributed by atoms with Crippen LogP contribution in [0.15, 0.2) is 47.6 Å². The second kappa shape index (κ2) is 29.6. The molecule has 2 unspecified atom stereocenters. The molecule has 4 rings (SSSR count). The van der Waals surface area contributed by atoms with Crippen molar-refractivity contribution in [2.45, 2.75) is 192 Å². The molecule has 3 heterocycles. The third-order valence-corrected chi connectivity index (χ3v) is 16.7. The van der Waals surface area contributed by atoms with E-state index in [0.717, 1.165) is 12.0 Å². The number of fused-ring (bicyclic) bond motifs is 3. The number of aliphatic hydroxyl groups excluding tert-OH is 2. The summed E-state index contributed by atoms with van der Waals surface area (Å²) in [5.41, 5.74) is -0.408. The summed E-state index contributed by atoms with van der Waals surface area (Å²) < 4.78 is 41.9. The molecule has 3 N–H and O–H groups in total. The zero-order valence-corrected chi connectivity index (χ0v) is 47.1. The molecule has 3 aliphatic heterocycles. The minimum atomic E-state index is -2.47. The molecule has 2 bridgehead atoms. The molecule has 1 aliphatic carbocycles. The Bertz CT molecular complexity index is 1990. The fraction of sp³-hybridized carbons (Fsp3) is 0.772. The highest BCUT2D eigenvalue weighted by Crippen LogP contribution is 2.43. The van der Waals surface area contributed by atoms with Gasteiger partial charge in [0.25, 0.3) is 11.7 Å². The topological polar surface area (TPSA) is 214 Å². The van der Waals surface area contributed by atoms with Gasteiger partial charge in [-0.15, -0.1) is 12.6 Å². The standard InChI is InChI=1S/C57H91NO15S/c1-36-18-13-12-14-19-37(2)47(70-29-28-67-9)33-44-23-21-42(7)57(66,73-44)52(63)53(64)58-25-16-15-20-45(58)54(65)72-48(39(4)32-43-22-24-49(71-27-17-26-59)56(74,35-43)69-11)34-46(60)38(3)31-41(6)51(62)55(8,68-10)50(61)40(5)30-36/h12-14,18-19,31,36,38-40,42-45,47-49,51,59,62,66,74H,15-17,20-30,32-35H2,1-11H3/b14-12+,18-13?,37-19+,41-31+/t36-,38-,39-,40-,42-,43+,44+,45?,47+,48+,49-,51-,55-,56-,57?/m1/s1. The Morgan fingerprint density at radius 2 is 1.61 bits per heavy atom. The van der Waals surface area contributed by atoms with E-state index in [-0.39, 0.29) is 68.5 Å². The lowest BCUT2D eigenvalue weighted by Gasteiger charge is -2.43. The second-order valence-corrected chi connectivity index (χ2v) is 22.7. The number of aliphatic hydroxyl groups is 3. The van der Waals surface area contributed by atoms with Crippen LogP contribution in [0.25, 0.3) is 0 Å². The number of hydrogen-bond donors (Lipinski definition) is 4. The second-order valence-electron chi connectivity index (χ2n) is 21.9. The van der Waals surface area contributed by atoms with Gasteiger partial charge < -0.3 is 53.4 Å². The lowest BCUT2D eigenvalue weighted by atomic mass is 9.77. The summed E-state index contributed by atoms with van der Waals surface area (Å²) in [5.74, 6) is -8.43. The number of allylic oxidation sites excluding steroid dienone is 6. The Morgan fingerprint density at radius 1 is 0.878 bits per heavy atom. The number of nitrogens with zero attached hydrogens (tertiary/aromatic N) is 1. The Balaban J connectivity index is 1.74. The lowest BCUT2D eigenvalue weighted by molar-refractivity contribution is -0.266. The first-order valence-electron chi connectivity index (χ1n) is 27.1. The summed E-state index contributed by atoms with van der Waals surface area (Å²) in [6.45, 7) is 15.3. The highest BCUT2D eigenvalue weighted by atomic mass is 32.1. The molecular formula is C57H91NO15S. The van der Waals surface area contributed by atoms with E-state index in [1.54, 1.807) is 48.0 Å². The minimum absolute atomic E-state index is 0.00161. The number of esters is 1. The number of rotatable bonds is 13. The number of carbonyl (C=O) groups is 5. The SMILES string of the molecule is COCCO[C@H]1C[C@@H]2CC[C@@H](C)C(O)(O2)C(=O)C(=O)N2CCCCC2C(=O)O[C@H]([C@H](C)C[C@@H]2CC[C@@H](OCCCO)[C@@](S)(OC)C2)CC(=O)[C@H](C)/C=C(\C)[C@@H](O)[C@](C)(OC)C(=O)[C@H](C)C[C@H](C)C=C/C=C/C=C/1C. The molecule has 15 atom stereocenters. The molecule has 74 heavy (non-hydrogen) atoms. The van der Waals surface area contributed by atoms with Crippen molar-refractivity contribution < 1.29 is 72.5 Å². The fourth-order valence-corrected chi connectivity index (χ4v) is 11.6. The molecule has 0 aromatic carbocycles. The predicted octanol–water partition coefficient (Wildman–Crippen LogP) is 7.25. The van der Waals surface area contributed by atoms with Crippen LogP contribution in [0, 0.1) is 35.5 Å². The zero-order chi connectivity index (χ0) is 55.0. The molecule has 17 heteroatoms. The van der Waals surface area contributed by atoms with Crippen molar-refractivity contribution in [3.63, 3.8) is 0 Å². The fourth-order valence-electron chi connectivity index (χ4n) is 11.2. The molecule has 0 aromatic rings. The third-order valence-electron chi connectivity index (χ3n) is 16.1. The van der Waals surface area contributed by atoms with Gasteiger partial charge in [-0.25, -0.2) is 4.79 Å². The molecule has 0 spiro atoms. The first-order chi connectivity index (χ1) is 35.0.